The number of carbonyl (C=O) groups is 1. The van der Waals surface area contributed by atoms with Gasteiger partial charge in [0.15, 0.2) is 11.6 Å². The van der Waals surface area contributed by atoms with Crippen molar-refractivity contribution in [1.82, 2.24) is 14.9 Å². The Kier molecular flexibility index (Phi) is 4.57. The molecule has 0 N–H and O–H groups in total. The molecule has 1 aromatic heterocycles. The molecule has 1 unspecified atom stereocenters. The van der Waals surface area contributed by atoms with Crippen molar-refractivity contribution in [2.45, 2.75) is 32.7 Å². The van der Waals surface area contributed by atoms with Gasteiger partial charge in [-0.25, -0.2) is 14.4 Å². The van der Waals surface area contributed by atoms with Crippen molar-refractivity contribution in [3.8, 4) is 0 Å². The normalized spacial score (nSPS) is 19.5. The molecule has 1 saturated heterocycles. The fourth-order valence-corrected chi connectivity index (χ4v) is 3.96. The summed E-state index contributed by atoms with van der Waals surface area (Å²) >= 11 is 0. The molecule has 1 fully saturated rings. The van der Waals surface area contributed by atoms with Crippen LogP contribution in [0.4, 0.5) is 10.2 Å². The number of aromatic nitrogens is 2. The molecular weight excluding hydrogens is 331 g/mol. The first-order valence-electron chi connectivity index (χ1n) is 9.27. The average molecular weight is 354 g/mol. The van der Waals surface area contributed by atoms with Gasteiger partial charge < -0.3 is 9.80 Å². The molecule has 1 atom stereocenters. The average Bonchev–Trinajstić information content (AvgIpc) is 3.17. The standard InChI is InChI=1S/C20H23FN4O/c1-2-17-18(21)19(23-13-22-17)24-9-8-16(12-24)20(26)25-10-7-14-5-3-4-6-15(14)11-25/h3-6,13,16H,2,7-12H2,1H3. The van der Waals surface area contributed by atoms with E-state index in [0.717, 1.165) is 19.4 Å². The van der Waals surface area contributed by atoms with Crippen LogP contribution in [0.3, 0.4) is 0 Å². The first kappa shape index (κ1) is 16.9. The molecule has 0 bridgehead atoms. The Morgan fingerprint density at radius 1 is 1.23 bits per heavy atom. The minimum atomic E-state index is -0.352. The Bertz CT molecular complexity index is 825. The number of aryl methyl sites for hydroxylation is 1. The summed E-state index contributed by atoms with van der Waals surface area (Å²) in [6, 6.07) is 8.30. The summed E-state index contributed by atoms with van der Waals surface area (Å²) in [5, 5.41) is 0. The monoisotopic (exact) mass is 354 g/mol. The number of hydrogen-bond acceptors (Lipinski definition) is 4. The second kappa shape index (κ2) is 7.02. The van der Waals surface area contributed by atoms with E-state index in [0.29, 0.717) is 37.6 Å². The minimum absolute atomic E-state index is 0.0975. The molecule has 3 heterocycles. The van der Waals surface area contributed by atoms with Crippen LogP contribution in [0.2, 0.25) is 0 Å². The molecule has 1 amide bonds. The quantitative estimate of drug-likeness (QED) is 0.850. The van der Waals surface area contributed by atoms with Crippen LogP contribution in [0.1, 0.15) is 30.2 Å². The summed E-state index contributed by atoms with van der Waals surface area (Å²) in [6.45, 7) is 4.48. The number of nitrogens with zero attached hydrogens (tertiary/aromatic N) is 4. The zero-order valence-electron chi connectivity index (χ0n) is 15.0. The maximum atomic E-state index is 14.5. The summed E-state index contributed by atoms with van der Waals surface area (Å²) in [5.74, 6) is 0.0537. The van der Waals surface area contributed by atoms with E-state index in [4.69, 9.17) is 0 Å². The molecule has 0 radical (unpaired) electrons. The van der Waals surface area contributed by atoms with Crippen LogP contribution in [0.15, 0.2) is 30.6 Å². The molecule has 2 aliphatic heterocycles. The first-order chi connectivity index (χ1) is 12.7. The van der Waals surface area contributed by atoms with Gasteiger partial charge in [-0.05, 0) is 30.4 Å². The van der Waals surface area contributed by atoms with Crippen LogP contribution >= 0.6 is 0 Å². The van der Waals surface area contributed by atoms with Crippen molar-refractivity contribution in [1.29, 1.82) is 0 Å². The fourth-order valence-electron chi connectivity index (χ4n) is 3.96. The number of hydrogen-bond donors (Lipinski definition) is 0. The van der Waals surface area contributed by atoms with Crippen LogP contribution < -0.4 is 4.90 Å². The maximum absolute atomic E-state index is 14.5. The molecule has 2 aliphatic rings. The molecular formula is C20H23FN4O. The molecule has 136 valence electrons. The highest BCUT2D eigenvalue weighted by atomic mass is 19.1. The van der Waals surface area contributed by atoms with Crippen molar-refractivity contribution >= 4 is 11.7 Å². The minimum Gasteiger partial charge on any atom is -0.353 e. The summed E-state index contributed by atoms with van der Waals surface area (Å²) in [6.07, 6.45) is 3.58. The van der Waals surface area contributed by atoms with E-state index in [1.165, 1.54) is 17.5 Å². The van der Waals surface area contributed by atoms with E-state index < -0.39 is 0 Å². The summed E-state index contributed by atoms with van der Waals surface area (Å²) in [4.78, 5) is 24.9. The molecule has 6 heteroatoms. The van der Waals surface area contributed by atoms with Crippen LogP contribution in [0, 0.1) is 11.7 Å². The van der Waals surface area contributed by atoms with E-state index >= 15 is 0 Å². The van der Waals surface area contributed by atoms with E-state index in [2.05, 4.69) is 22.1 Å². The highest BCUT2D eigenvalue weighted by Crippen LogP contribution is 2.28. The van der Waals surface area contributed by atoms with E-state index in [1.807, 2.05) is 28.9 Å². The number of fused-ring (bicyclic) bond motifs is 1. The SMILES string of the molecule is CCc1ncnc(N2CCC(C(=O)N3CCc4ccccc4C3)C2)c1F. The molecule has 1 aromatic carbocycles. The predicted octanol–water partition coefficient (Wildman–Crippen LogP) is 2.59. The number of halogens is 1. The molecule has 26 heavy (non-hydrogen) atoms. The third-order valence-electron chi connectivity index (χ3n) is 5.46. The van der Waals surface area contributed by atoms with Crippen LogP contribution in [-0.2, 0) is 24.2 Å². The zero-order valence-corrected chi connectivity index (χ0v) is 15.0. The van der Waals surface area contributed by atoms with Gasteiger partial charge >= 0.3 is 0 Å². The largest absolute Gasteiger partial charge is 0.353 e. The van der Waals surface area contributed by atoms with E-state index in [-0.39, 0.29) is 17.6 Å². The number of benzene rings is 1. The van der Waals surface area contributed by atoms with Crippen molar-refractivity contribution in [3.05, 3.63) is 53.2 Å². The second-order valence-electron chi connectivity index (χ2n) is 7.02. The van der Waals surface area contributed by atoms with Crippen molar-refractivity contribution < 1.29 is 9.18 Å². The lowest BCUT2D eigenvalue weighted by Crippen LogP contribution is -2.40. The maximum Gasteiger partial charge on any atom is 0.227 e. The number of carbonyl (C=O) groups excluding carboxylic acids is 1. The Morgan fingerprint density at radius 2 is 2.04 bits per heavy atom. The first-order valence-corrected chi connectivity index (χ1v) is 9.27. The molecule has 0 saturated carbocycles. The lowest BCUT2D eigenvalue weighted by Gasteiger charge is -2.31. The fraction of sp³-hybridized carbons (Fsp3) is 0.450. The molecule has 4 rings (SSSR count). The topological polar surface area (TPSA) is 49.3 Å². The third-order valence-corrected chi connectivity index (χ3v) is 5.46. The van der Waals surface area contributed by atoms with Gasteiger partial charge in [-0.1, -0.05) is 31.2 Å². The van der Waals surface area contributed by atoms with Gasteiger partial charge in [-0.3, -0.25) is 4.79 Å². The Morgan fingerprint density at radius 3 is 2.85 bits per heavy atom. The highest BCUT2D eigenvalue weighted by molar-refractivity contribution is 5.80. The van der Waals surface area contributed by atoms with Gasteiger partial charge in [0, 0.05) is 26.2 Å². The van der Waals surface area contributed by atoms with Crippen LogP contribution in [0.25, 0.3) is 0 Å². The van der Waals surface area contributed by atoms with Gasteiger partial charge in [0.25, 0.3) is 0 Å². The number of rotatable bonds is 3. The van der Waals surface area contributed by atoms with Gasteiger partial charge in [0.1, 0.15) is 6.33 Å². The Hall–Kier alpha value is -2.50. The summed E-state index contributed by atoms with van der Waals surface area (Å²) < 4.78 is 14.5. The van der Waals surface area contributed by atoms with E-state index in [1.54, 1.807) is 0 Å². The highest BCUT2D eigenvalue weighted by Gasteiger charge is 2.34. The molecule has 0 aliphatic carbocycles. The van der Waals surface area contributed by atoms with Crippen molar-refractivity contribution in [2.24, 2.45) is 5.92 Å². The summed E-state index contributed by atoms with van der Waals surface area (Å²) in [7, 11) is 0. The Balaban J connectivity index is 1.45. The lowest BCUT2D eigenvalue weighted by molar-refractivity contribution is -0.135. The van der Waals surface area contributed by atoms with Crippen molar-refractivity contribution in [3.63, 3.8) is 0 Å². The summed E-state index contributed by atoms with van der Waals surface area (Å²) in [5.41, 5.74) is 2.99. The molecule has 0 spiro atoms. The third kappa shape index (κ3) is 3.04. The zero-order chi connectivity index (χ0) is 18.1. The van der Waals surface area contributed by atoms with Gasteiger partial charge in [0.05, 0.1) is 11.6 Å². The van der Waals surface area contributed by atoms with Gasteiger partial charge in [-0.2, -0.15) is 0 Å². The lowest BCUT2D eigenvalue weighted by atomic mass is 9.98. The van der Waals surface area contributed by atoms with Gasteiger partial charge in [0.2, 0.25) is 5.91 Å². The second-order valence-corrected chi connectivity index (χ2v) is 7.02. The predicted molar refractivity (Wildman–Crippen MR) is 97.3 cm³/mol. The molecule has 5 nitrogen and oxygen atoms in total. The Labute approximate surface area is 152 Å². The van der Waals surface area contributed by atoms with E-state index in [9.17, 15) is 9.18 Å². The number of amides is 1. The van der Waals surface area contributed by atoms with Gasteiger partial charge in [-0.15, -0.1) is 0 Å². The molecule has 2 aromatic rings. The smallest absolute Gasteiger partial charge is 0.227 e. The van der Waals surface area contributed by atoms with Crippen LogP contribution in [-0.4, -0.2) is 40.4 Å². The van der Waals surface area contributed by atoms with Crippen molar-refractivity contribution in [2.75, 3.05) is 24.5 Å². The van der Waals surface area contributed by atoms with Crippen LogP contribution in [0.5, 0.6) is 0 Å². The number of anilines is 1.